The number of hydrogen-bond donors (Lipinski definition) is 3. The molecule has 0 aliphatic carbocycles. The Labute approximate surface area is 202 Å². The van der Waals surface area contributed by atoms with E-state index in [0.29, 0.717) is 50.0 Å². The molecule has 2 aromatic rings. The molecule has 3 N–H and O–H groups in total. The fourth-order valence-electron chi connectivity index (χ4n) is 4.35. The lowest BCUT2D eigenvalue weighted by molar-refractivity contribution is -0.137. The number of alkyl halides is 3. The Bertz CT molecular complexity index is 1010. The van der Waals surface area contributed by atoms with Gasteiger partial charge >= 0.3 is 6.18 Å². The number of hydrogen-bond acceptors (Lipinski definition) is 8. The number of halogens is 3. The molecule has 0 spiro atoms. The molecule has 2 aliphatic rings. The Kier molecular flexibility index (Phi) is 7.72. The summed E-state index contributed by atoms with van der Waals surface area (Å²) in [7, 11) is 4.00. The van der Waals surface area contributed by atoms with E-state index >= 15 is 0 Å². The summed E-state index contributed by atoms with van der Waals surface area (Å²) >= 11 is 0. The zero-order valence-electron chi connectivity index (χ0n) is 19.9. The second-order valence-corrected chi connectivity index (χ2v) is 8.99. The Morgan fingerprint density at radius 2 is 1.83 bits per heavy atom. The van der Waals surface area contributed by atoms with Crippen molar-refractivity contribution in [3.63, 3.8) is 0 Å². The van der Waals surface area contributed by atoms with Crippen LogP contribution < -0.4 is 20.9 Å². The first-order chi connectivity index (χ1) is 16.7. The van der Waals surface area contributed by atoms with Crippen molar-refractivity contribution in [1.29, 1.82) is 0 Å². The van der Waals surface area contributed by atoms with Gasteiger partial charge in [-0.1, -0.05) is 12.1 Å². The number of piperazine rings is 1. The lowest BCUT2D eigenvalue weighted by Crippen LogP contribution is -2.50. The maximum Gasteiger partial charge on any atom is 0.416 e. The normalized spacial score (nSPS) is 17.7. The number of benzene rings is 1. The fourth-order valence-corrected chi connectivity index (χ4v) is 4.35. The summed E-state index contributed by atoms with van der Waals surface area (Å²) in [5, 5.41) is 9.31. The first kappa shape index (κ1) is 25.1. The summed E-state index contributed by atoms with van der Waals surface area (Å²) in [6.45, 7) is 5.16. The van der Waals surface area contributed by atoms with Gasteiger partial charge in [-0.15, -0.1) is 0 Å². The Balaban J connectivity index is 1.47. The standard InChI is InChI=1S/C23H31F3N8O/c1-32(2)8-7-27-13-18(16-3-5-17(6-4-16)23(24,25)26)33-9-11-34(12-10-33)22-20-21(29-15-30-22)28-14-19(35)31-20/h3-6,15,18,27H,7-14H2,1-2H3,(H,31,35)(H,28,29,30). The minimum atomic E-state index is -4.36. The number of carbonyl (C=O) groups excluding carboxylic acids is 1. The van der Waals surface area contributed by atoms with Crippen molar-refractivity contribution in [3.8, 4) is 0 Å². The maximum absolute atomic E-state index is 13.1. The van der Waals surface area contributed by atoms with Crippen molar-refractivity contribution < 1.29 is 18.0 Å². The average molecular weight is 493 g/mol. The van der Waals surface area contributed by atoms with E-state index in [1.807, 2.05) is 14.1 Å². The summed E-state index contributed by atoms with van der Waals surface area (Å²) < 4.78 is 39.2. The van der Waals surface area contributed by atoms with E-state index in [2.05, 4.69) is 40.6 Å². The Morgan fingerprint density at radius 3 is 2.49 bits per heavy atom. The van der Waals surface area contributed by atoms with Gasteiger partial charge in [0.2, 0.25) is 5.91 Å². The number of aromatic nitrogens is 2. The number of carbonyl (C=O) groups is 1. The molecule has 1 aromatic heterocycles. The highest BCUT2D eigenvalue weighted by Crippen LogP contribution is 2.34. The largest absolute Gasteiger partial charge is 0.416 e. The van der Waals surface area contributed by atoms with E-state index < -0.39 is 11.7 Å². The van der Waals surface area contributed by atoms with Crippen LogP contribution in [0, 0.1) is 0 Å². The molecule has 0 radical (unpaired) electrons. The third kappa shape index (κ3) is 6.19. The summed E-state index contributed by atoms with van der Waals surface area (Å²) in [6, 6.07) is 5.40. The van der Waals surface area contributed by atoms with Crippen molar-refractivity contribution >= 4 is 23.2 Å². The summed E-state index contributed by atoms with van der Waals surface area (Å²) in [5.74, 6) is 1.13. The zero-order chi connectivity index (χ0) is 25.0. The minimum absolute atomic E-state index is 0.0673. The highest BCUT2D eigenvalue weighted by Gasteiger charge is 2.32. The van der Waals surface area contributed by atoms with Gasteiger partial charge in [-0.25, -0.2) is 9.97 Å². The van der Waals surface area contributed by atoms with Crippen LogP contribution in [0.3, 0.4) is 0 Å². The third-order valence-corrected chi connectivity index (χ3v) is 6.26. The van der Waals surface area contributed by atoms with Crippen LogP contribution in [0.15, 0.2) is 30.6 Å². The van der Waals surface area contributed by atoms with Crippen LogP contribution >= 0.6 is 0 Å². The van der Waals surface area contributed by atoms with Crippen LogP contribution in [0.1, 0.15) is 17.2 Å². The van der Waals surface area contributed by atoms with Crippen LogP contribution in [0.5, 0.6) is 0 Å². The van der Waals surface area contributed by atoms with Crippen molar-refractivity contribution in [2.45, 2.75) is 12.2 Å². The molecule has 1 fully saturated rings. The number of likely N-dealkylation sites (N-methyl/N-ethyl adjacent to an activating group) is 1. The second-order valence-electron chi connectivity index (χ2n) is 8.99. The molecule has 4 rings (SSSR count). The topological polar surface area (TPSA) is 88.7 Å². The first-order valence-electron chi connectivity index (χ1n) is 11.6. The highest BCUT2D eigenvalue weighted by atomic mass is 19.4. The van der Waals surface area contributed by atoms with Gasteiger partial charge < -0.3 is 25.8 Å². The molecule has 1 atom stereocenters. The molecule has 12 heteroatoms. The van der Waals surface area contributed by atoms with Crippen molar-refractivity contribution in [2.24, 2.45) is 0 Å². The van der Waals surface area contributed by atoms with Gasteiger partial charge in [-0.05, 0) is 31.8 Å². The van der Waals surface area contributed by atoms with Crippen molar-refractivity contribution in [3.05, 3.63) is 41.7 Å². The molecular weight excluding hydrogens is 461 g/mol. The van der Waals surface area contributed by atoms with Crippen LogP contribution in [0.4, 0.5) is 30.5 Å². The fraction of sp³-hybridized carbons (Fsp3) is 0.522. The van der Waals surface area contributed by atoms with Gasteiger partial charge in [-0.3, -0.25) is 9.69 Å². The molecule has 2 aliphatic heterocycles. The van der Waals surface area contributed by atoms with Crippen LogP contribution in [0.25, 0.3) is 0 Å². The molecule has 0 bridgehead atoms. The van der Waals surface area contributed by atoms with Crippen LogP contribution in [-0.4, -0.2) is 92.1 Å². The second kappa shape index (κ2) is 10.8. The van der Waals surface area contributed by atoms with Gasteiger partial charge in [0.1, 0.15) is 12.0 Å². The molecule has 1 amide bonds. The van der Waals surface area contributed by atoms with E-state index in [1.165, 1.54) is 6.33 Å². The molecular formula is C23H31F3N8O. The molecule has 35 heavy (non-hydrogen) atoms. The van der Waals surface area contributed by atoms with E-state index in [0.717, 1.165) is 30.8 Å². The average Bonchev–Trinajstić information content (AvgIpc) is 2.83. The quantitative estimate of drug-likeness (QED) is 0.482. The van der Waals surface area contributed by atoms with E-state index in [4.69, 9.17) is 0 Å². The van der Waals surface area contributed by atoms with Gasteiger partial charge in [0.05, 0.1) is 12.1 Å². The number of amides is 1. The molecule has 1 unspecified atom stereocenters. The number of nitrogens with zero attached hydrogens (tertiary/aromatic N) is 5. The van der Waals surface area contributed by atoms with E-state index in [1.54, 1.807) is 12.1 Å². The monoisotopic (exact) mass is 492 g/mol. The zero-order valence-corrected chi connectivity index (χ0v) is 19.9. The number of fused-ring (bicyclic) bond motifs is 1. The summed E-state index contributed by atoms with van der Waals surface area (Å²) in [5.41, 5.74) is 0.788. The Hall–Kier alpha value is -2.96. The van der Waals surface area contributed by atoms with Crippen LogP contribution in [-0.2, 0) is 11.0 Å². The van der Waals surface area contributed by atoms with E-state index in [-0.39, 0.29) is 18.5 Å². The number of rotatable bonds is 8. The number of anilines is 3. The smallest absolute Gasteiger partial charge is 0.359 e. The Morgan fingerprint density at radius 1 is 1.11 bits per heavy atom. The minimum Gasteiger partial charge on any atom is -0.359 e. The third-order valence-electron chi connectivity index (χ3n) is 6.26. The number of nitrogens with one attached hydrogen (secondary N) is 3. The first-order valence-corrected chi connectivity index (χ1v) is 11.6. The van der Waals surface area contributed by atoms with Gasteiger partial charge in [0, 0.05) is 51.9 Å². The summed E-state index contributed by atoms with van der Waals surface area (Å²) in [4.78, 5) is 27.0. The van der Waals surface area contributed by atoms with Gasteiger partial charge in [-0.2, -0.15) is 13.2 Å². The predicted octanol–water partition coefficient (Wildman–Crippen LogP) is 1.87. The molecule has 3 heterocycles. The lowest BCUT2D eigenvalue weighted by Gasteiger charge is -2.40. The molecule has 190 valence electrons. The molecule has 1 aromatic carbocycles. The molecule has 1 saturated heterocycles. The van der Waals surface area contributed by atoms with Crippen LogP contribution in [0.2, 0.25) is 0 Å². The SMILES string of the molecule is CN(C)CCNCC(c1ccc(C(F)(F)F)cc1)N1CCN(c2ncnc3c2NC(=O)CN3)CC1. The van der Waals surface area contributed by atoms with Gasteiger partial charge in [0.25, 0.3) is 0 Å². The van der Waals surface area contributed by atoms with Crippen molar-refractivity contribution in [2.75, 3.05) is 82.0 Å². The molecule has 9 nitrogen and oxygen atoms in total. The highest BCUT2D eigenvalue weighted by molar-refractivity contribution is 6.02. The maximum atomic E-state index is 13.1. The predicted molar refractivity (Wildman–Crippen MR) is 129 cm³/mol. The molecule has 0 saturated carbocycles. The van der Waals surface area contributed by atoms with E-state index in [9.17, 15) is 18.0 Å². The van der Waals surface area contributed by atoms with Crippen molar-refractivity contribution in [1.82, 2.24) is 25.1 Å². The summed E-state index contributed by atoms with van der Waals surface area (Å²) in [6.07, 6.45) is -2.88. The lowest BCUT2D eigenvalue weighted by atomic mass is 10.0. The van der Waals surface area contributed by atoms with Gasteiger partial charge in [0.15, 0.2) is 11.6 Å².